The van der Waals surface area contributed by atoms with Crippen molar-refractivity contribution in [2.45, 2.75) is 13.2 Å². The SMILES string of the molecule is Bc1ccc(C2=Cc3ccc(C)cc3O[C@@H]2O)cc1. The van der Waals surface area contributed by atoms with Crippen LogP contribution in [-0.2, 0) is 0 Å². The quantitative estimate of drug-likeness (QED) is 0.777. The molecule has 1 heterocycles. The number of ether oxygens (including phenoxy) is 1. The van der Waals surface area contributed by atoms with Crippen LogP contribution in [0, 0.1) is 6.92 Å². The lowest BCUT2D eigenvalue weighted by Gasteiger charge is -2.24. The number of fused-ring (bicyclic) bond motifs is 1. The molecule has 0 unspecified atom stereocenters. The average Bonchev–Trinajstić information content (AvgIpc) is 2.39. The Morgan fingerprint density at radius 3 is 2.58 bits per heavy atom. The normalized spacial score (nSPS) is 17.4. The molecule has 19 heavy (non-hydrogen) atoms. The van der Waals surface area contributed by atoms with Crippen molar-refractivity contribution in [3.8, 4) is 5.75 Å². The second-order valence-corrected chi connectivity index (χ2v) is 4.98. The molecule has 2 aromatic carbocycles. The zero-order valence-electron chi connectivity index (χ0n) is 11.1. The molecule has 1 aliphatic rings. The van der Waals surface area contributed by atoms with E-state index in [1.54, 1.807) is 0 Å². The van der Waals surface area contributed by atoms with Crippen LogP contribution in [-0.4, -0.2) is 19.2 Å². The molecule has 94 valence electrons. The summed E-state index contributed by atoms with van der Waals surface area (Å²) in [5.41, 5.74) is 5.12. The number of benzene rings is 2. The van der Waals surface area contributed by atoms with Gasteiger partial charge in [0.15, 0.2) is 0 Å². The standard InChI is InChI=1S/C16H15BO2/c1-10-2-3-12-9-14(16(18)19-15(12)8-10)11-4-6-13(17)7-5-11/h2-9,16,18H,17H2,1H3/t16-/m0/s1. The molecule has 2 aromatic rings. The van der Waals surface area contributed by atoms with Crippen LogP contribution < -0.4 is 10.2 Å². The Kier molecular flexibility index (Phi) is 2.92. The lowest BCUT2D eigenvalue weighted by atomic mass is 9.92. The first kappa shape index (κ1) is 12.1. The van der Waals surface area contributed by atoms with Crippen molar-refractivity contribution in [1.82, 2.24) is 0 Å². The van der Waals surface area contributed by atoms with Crippen molar-refractivity contribution < 1.29 is 9.84 Å². The summed E-state index contributed by atoms with van der Waals surface area (Å²) in [6.07, 6.45) is 1.09. The monoisotopic (exact) mass is 250 g/mol. The minimum atomic E-state index is -0.906. The third-order valence-electron chi connectivity index (χ3n) is 3.37. The molecule has 0 aromatic heterocycles. The molecule has 0 amide bonds. The fourth-order valence-corrected chi connectivity index (χ4v) is 2.26. The van der Waals surface area contributed by atoms with Crippen LogP contribution in [0.4, 0.5) is 0 Å². The van der Waals surface area contributed by atoms with Gasteiger partial charge in [-0.15, -0.1) is 0 Å². The molecule has 1 N–H and O–H groups in total. The summed E-state index contributed by atoms with van der Waals surface area (Å²) in [5.74, 6) is 0.739. The summed E-state index contributed by atoms with van der Waals surface area (Å²) >= 11 is 0. The number of rotatable bonds is 1. The van der Waals surface area contributed by atoms with Gasteiger partial charge in [-0.1, -0.05) is 41.9 Å². The second kappa shape index (κ2) is 4.59. The van der Waals surface area contributed by atoms with Crippen LogP contribution in [0.2, 0.25) is 0 Å². The van der Waals surface area contributed by atoms with Gasteiger partial charge in [0.25, 0.3) is 0 Å². The van der Waals surface area contributed by atoms with Crippen LogP contribution in [0.1, 0.15) is 16.7 Å². The summed E-state index contributed by atoms with van der Waals surface area (Å²) < 4.78 is 5.60. The van der Waals surface area contributed by atoms with Gasteiger partial charge in [-0.25, -0.2) is 0 Å². The van der Waals surface area contributed by atoms with Gasteiger partial charge in [0, 0.05) is 11.1 Å². The summed E-state index contributed by atoms with van der Waals surface area (Å²) in [4.78, 5) is 0. The maximum absolute atomic E-state index is 10.1. The lowest BCUT2D eigenvalue weighted by molar-refractivity contribution is 0.0319. The van der Waals surface area contributed by atoms with Gasteiger partial charge in [0.1, 0.15) is 13.6 Å². The third kappa shape index (κ3) is 2.29. The van der Waals surface area contributed by atoms with Gasteiger partial charge in [0.2, 0.25) is 6.29 Å². The molecule has 3 heteroatoms. The predicted molar refractivity (Wildman–Crippen MR) is 80.3 cm³/mol. The predicted octanol–water partition coefficient (Wildman–Crippen LogP) is 1.50. The summed E-state index contributed by atoms with van der Waals surface area (Å²) in [7, 11) is 2.05. The Balaban J connectivity index is 2.06. The number of aryl methyl sites for hydroxylation is 1. The van der Waals surface area contributed by atoms with Crippen LogP contribution in [0.3, 0.4) is 0 Å². The Bertz CT molecular complexity index is 644. The molecule has 1 aliphatic heterocycles. The van der Waals surface area contributed by atoms with Crippen LogP contribution in [0.5, 0.6) is 5.75 Å². The van der Waals surface area contributed by atoms with E-state index < -0.39 is 6.29 Å². The first-order valence-electron chi connectivity index (χ1n) is 6.37. The van der Waals surface area contributed by atoms with E-state index in [9.17, 15) is 5.11 Å². The van der Waals surface area contributed by atoms with E-state index in [1.165, 1.54) is 5.46 Å². The molecule has 0 spiro atoms. The maximum atomic E-state index is 10.1. The van der Waals surface area contributed by atoms with E-state index in [4.69, 9.17) is 4.74 Å². The summed E-state index contributed by atoms with van der Waals surface area (Å²) in [5, 5.41) is 10.1. The van der Waals surface area contributed by atoms with E-state index in [0.717, 1.165) is 28.0 Å². The summed E-state index contributed by atoms with van der Waals surface area (Å²) in [6.45, 7) is 2.01. The van der Waals surface area contributed by atoms with Crippen molar-refractivity contribution in [2.75, 3.05) is 0 Å². The fourth-order valence-electron chi connectivity index (χ4n) is 2.26. The highest BCUT2D eigenvalue weighted by Gasteiger charge is 2.21. The molecule has 0 fully saturated rings. The molecule has 1 atom stereocenters. The zero-order valence-corrected chi connectivity index (χ0v) is 11.1. The van der Waals surface area contributed by atoms with Crippen LogP contribution in [0.15, 0.2) is 42.5 Å². The third-order valence-corrected chi connectivity index (χ3v) is 3.37. The molecule has 0 aliphatic carbocycles. The van der Waals surface area contributed by atoms with Gasteiger partial charge in [-0.2, -0.15) is 0 Å². The topological polar surface area (TPSA) is 29.5 Å². The Hall–Kier alpha value is -2.00. The number of hydrogen-bond donors (Lipinski definition) is 1. The molecule has 0 saturated carbocycles. The van der Waals surface area contributed by atoms with Crippen molar-refractivity contribution >= 4 is 25.0 Å². The Labute approximate surface area is 113 Å². The van der Waals surface area contributed by atoms with Gasteiger partial charge >= 0.3 is 0 Å². The van der Waals surface area contributed by atoms with Crippen LogP contribution >= 0.6 is 0 Å². The highest BCUT2D eigenvalue weighted by Crippen LogP contribution is 2.33. The Morgan fingerprint density at radius 2 is 1.84 bits per heavy atom. The fraction of sp³-hybridized carbons (Fsp3) is 0.125. The van der Waals surface area contributed by atoms with Gasteiger partial charge < -0.3 is 9.84 Å². The highest BCUT2D eigenvalue weighted by atomic mass is 16.6. The molecule has 0 radical (unpaired) electrons. The molecule has 0 bridgehead atoms. The van der Waals surface area contributed by atoms with Gasteiger partial charge in [0.05, 0.1) is 0 Å². The first-order chi connectivity index (χ1) is 9.13. The summed E-state index contributed by atoms with van der Waals surface area (Å²) in [6, 6.07) is 14.1. The van der Waals surface area contributed by atoms with E-state index in [-0.39, 0.29) is 0 Å². The average molecular weight is 250 g/mol. The largest absolute Gasteiger partial charge is 0.460 e. The van der Waals surface area contributed by atoms with Gasteiger partial charge in [-0.05, 0) is 30.2 Å². The van der Waals surface area contributed by atoms with Crippen LogP contribution in [0.25, 0.3) is 11.6 Å². The molecular weight excluding hydrogens is 235 g/mol. The maximum Gasteiger partial charge on any atom is 0.224 e. The molecule has 3 rings (SSSR count). The smallest absolute Gasteiger partial charge is 0.224 e. The van der Waals surface area contributed by atoms with Gasteiger partial charge in [-0.3, -0.25) is 0 Å². The van der Waals surface area contributed by atoms with E-state index in [0.29, 0.717) is 0 Å². The highest BCUT2D eigenvalue weighted by molar-refractivity contribution is 6.32. The van der Waals surface area contributed by atoms with Crippen molar-refractivity contribution in [3.63, 3.8) is 0 Å². The van der Waals surface area contributed by atoms with E-state index in [1.807, 2.05) is 63.3 Å². The number of aliphatic hydroxyl groups excluding tert-OH is 1. The minimum Gasteiger partial charge on any atom is -0.460 e. The van der Waals surface area contributed by atoms with Crippen molar-refractivity contribution in [1.29, 1.82) is 0 Å². The zero-order chi connectivity index (χ0) is 13.4. The van der Waals surface area contributed by atoms with E-state index in [2.05, 4.69) is 0 Å². The van der Waals surface area contributed by atoms with E-state index >= 15 is 0 Å². The lowest BCUT2D eigenvalue weighted by Crippen LogP contribution is -2.21. The molecular formula is C16H15BO2. The minimum absolute atomic E-state index is 0.739. The number of aliphatic hydroxyl groups is 1. The first-order valence-corrected chi connectivity index (χ1v) is 6.37. The Morgan fingerprint density at radius 1 is 1.11 bits per heavy atom. The second-order valence-electron chi connectivity index (χ2n) is 4.98. The van der Waals surface area contributed by atoms with Crippen molar-refractivity contribution in [3.05, 3.63) is 59.2 Å². The van der Waals surface area contributed by atoms with Crippen molar-refractivity contribution in [2.24, 2.45) is 0 Å². The molecule has 2 nitrogen and oxygen atoms in total. The number of hydrogen-bond acceptors (Lipinski definition) is 2. The molecule has 0 saturated heterocycles.